The van der Waals surface area contributed by atoms with E-state index in [1.165, 1.54) is 23.9 Å². The van der Waals surface area contributed by atoms with Crippen molar-refractivity contribution in [3.05, 3.63) is 53.8 Å². The average molecular weight is 374 g/mol. The highest BCUT2D eigenvalue weighted by atomic mass is 32.2. The minimum Gasteiger partial charge on any atom is -0.493 e. The van der Waals surface area contributed by atoms with Gasteiger partial charge in [0.25, 0.3) is 0 Å². The van der Waals surface area contributed by atoms with Gasteiger partial charge in [-0.25, -0.2) is 9.38 Å². The summed E-state index contributed by atoms with van der Waals surface area (Å²) >= 11 is 1.39. The Hall–Kier alpha value is -2.54. The van der Waals surface area contributed by atoms with Gasteiger partial charge in [-0.3, -0.25) is 9.69 Å². The largest absolute Gasteiger partial charge is 0.493 e. The molecule has 0 saturated carbocycles. The van der Waals surface area contributed by atoms with Crippen LogP contribution in [0.25, 0.3) is 0 Å². The van der Waals surface area contributed by atoms with Crippen LogP contribution in [-0.4, -0.2) is 42.5 Å². The van der Waals surface area contributed by atoms with Crippen LogP contribution >= 0.6 is 11.8 Å². The molecular formula is C19H19FN2O3S. The van der Waals surface area contributed by atoms with E-state index >= 15 is 0 Å². The number of amides is 1. The van der Waals surface area contributed by atoms with Crippen molar-refractivity contribution in [3.8, 4) is 11.5 Å². The number of hydrogen-bond acceptors (Lipinski definition) is 5. The summed E-state index contributed by atoms with van der Waals surface area (Å²) in [5.41, 5.74) is 1.66. The maximum absolute atomic E-state index is 13.0. The molecule has 1 saturated heterocycles. The van der Waals surface area contributed by atoms with Crippen LogP contribution in [0.4, 0.5) is 10.1 Å². The predicted molar refractivity (Wildman–Crippen MR) is 101 cm³/mol. The van der Waals surface area contributed by atoms with Crippen molar-refractivity contribution in [2.75, 3.05) is 26.5 Å². The molecule has 2 aromatic carbocycles. The predicted octanol–water partition coefficient (Wildman–Crippen LogP) is 3.65. The molecule has 2 aromatic rings. The van der Waals surface area contributed by atoms with E-state index in [1.54, 1.807) is 31.3 Å². The van der Waals surface area contributed by atoms with Gasteiger partial charge >= 0.3 is 0 Å². The second-order valence-electron chi connectivity index (χ2n) is 5.64. The molecule has 1 amide bonds. The number of rotatable bonds is 6. The van der Waals surface area contributed by atoms with Gasteiger partial charge in [0.2, 0.25) is 5.91 Å². The lowest BCUT2D eigenvalue weighted by molar-refractivity contribution is -0.124. The molecule has 0 unspecified atom stereocenters. The zero-order valence-electron chi connectivity index (χ0n) is 14.6. The van der Waals surface area contributed by atoms with E-state index in [-0.39, 0.29) is 11.7 Å². The summed E-state index contributed by atoms with van der Waals surface area (Å²) in [6.07, 6.45) is 0.662. The summed E-state index contributed by atoms with van der Waals surface area (Å²) in [6.45, 7) is 0.515. The van der Waals surface area contributed by atoms with Gasteiger partial charge in [-0.1, -0.05) is 17.8 Å². The first-order valence-corrected chi connectivity index (χ1v) is 9.07. The molecule has 1 aliphatic heterocycles. The van der Waals surface area contributed by atoms with Crippen LogP contribution in [-0.2, 0) is 11.2 Å². The van der Waals surface area contributed by atoms with E-state index < -0.39 is 0 Å². The Labute approximate surface area is 155 Å². The first kappa shape index (κ1) is 18.3. The number of carbonyl (C=O) groups excluding carboxylic acids is 1. The van der Waals surface area contributed by atoms with E-state index in [0.29, 0.717) is 41.1 Å². The number of thioether (sulfide) groups is 1. The number of nitrogens with zero attached hydrogens (tertiary/aromatic N) is 2. The van der Waals surface area contributed by atoms with E-state index in [0.717, 1.165) is 5.56 Å². The monoisotopic (exact) mass is 374 g/mol. The normalized spacial score (nSPS) is 15.6. The Balaban J connectivity index is 1.73. The van der Waals surface area contributed by atoms with Crippen LogP contribution in [0.15, 0.2) is 47.5 Å². The summed E-state index contributed by atoms with van der Waals surface area (Å²) in [7, 11) is 3.19. The lowest BCUT2D eigenvalue weighted by Crippen LogP contribution is -2.31. The highest BCUT2D eigenvalue weighted by Crippen LogP contribution is 2.28. The molecule has 0 bridgehead atoms. The smallest absolute Gasteiger partial charge is 0.239 e. The first-order valence-electron chi connectivity index (χ1n) is 8.09. The van der Waals surface area contributed by atoms with Gasteiger partial charge in [0.05, 0.1) is 25.7 Å². The topological polar surface area (TPSA) is 51.1 Å². The van der Waals surface area contributed by atoms with E-state index in [9.17, 15) is 9.18 Å². The summed E-state index contributed by atoms with van der Waals surface area (Å²) < 4.78 is 23.6. The quantitative estimate of drug-likeness (QED) is 0.775. The third-order valence-corrected chi connectivity index (χ3v) is 4.94. The maximum Gasteiger partial charge on any atom is 0.239 e. The number of benzene rings is 2. The molecule has 0 radical (unpaired) electrons. The Morgan fingerprint density at radius 3 is 2.54 bits per heavy atom. The molecule has 3 rings (SSSR count). The summed E-state index contributed by atoms with van der Waals surface area (Å²) in [6, 6.07) is 11.6. The fourth-order valence-electron chi connectivity index (χ4n) is 2.60. The summed E-state index contributed by atoms with van der Waals surface area (Å²) in [5.74, 6) is 1.41. The minimum atomic E-state index is -0.311. The third-order valence-electron chi connectivity index (χ3n) is 3.98. The number of aliphatic imine (C=N–C) groups is 1. The lowest BCUT2D eigenvalue weighted by Gasteiger charge is -2.16. The maximum atomic E-state index is 13.0. The Bertz CT molecular complexity index is 824. The number of hydrogen-bond donors (Lipinski definition) is 0. The highest BCUT2D eigenvalue weighted by Gasteiger charge is 2.27. The van der Waals surface area contributed by atoms with E-state index in [4.69, 9.17) is 9.47 Å². The van der Waals surface area contributed by atoms with Crippen molar-refractivity contribution in [2.45, 2.75) is 6.42 Å². The molecular weight excluding hydrogens is 355 g/mol. The Morgan fingerprint density at radius 1 is 1.12 bits per heavy atom. The van der Waals surface area contributed by atoms with Crippen LogP contribution in [0.3, 0.4) is 0 Å². The van der Waals surface area contributed by atoms with Crippen molar-refractivity contribution in [2.24, 2.45) is 4.99 Å². The van der Waals surface area contributed by atoms with Gasteiger partial charge in [-0.05, 0) is 48.4 Å². The van der Waals surface area contributed by atoms with Gasteiger partial charge < -0.3 is 9.47 Å². The van der Waals surface area contributed by atoms with Crippen molar-refractivity contribution < 1.29 is 18.7 Å². The molecule has 0 N–H and O–H groups in total. The Morgan fingerprint density at radius 2 is 1.85 bits per heavy atom. The number of methoxy groups -OCH3 is 2. The van der Waals surface area contributed by atoms with Gasteiger partial charge in [0, 0.05) is 6.54 Å². The molecule has 7 heteroatoms. The molecule has 0 spiro atoms. The molecule has 1 heterocycles. The number of halogens is 1. The second-order valence-corrected chi connectivity index (χ2v) is 6.59. The van der Waals surface area contributed by atoms with Crippen molar-refractivity contribution in [1.82, 2.24) is 4.90 Å². The van der Waals surface area contributed by atoms with Crippen molar-refractivity contribution in [3.63, 3.8) is 0 Å². The first-order chi connectivity index (χ1) is 12.6. The summed E-state index contributed by atoms with van der Waals surface area (Å²) in [4.78, 5) is 18.3. The van der Waals surface area contributed by atoms with Gasteiger partial charge in [0.15, 0.2) is 16.7 Å². The van der Waals surface area contributed by atoms with E-state index in [1.807, 2.05) is 18.2 Å². The minimum absolute atomic E-state index is 0.0244. The van der Waals surface area contributed by atoms with Crippen molar-refractivity contribution >= 4 is 28.5 Å². The molecule has 5 nitrogen and oxygen atoms in total. The Kier molecular flexibility index (Phi) is 5.78. The third kappa shape index (κ3) is 4.16. The SMILES string of the molecule is COc1ccc(CCN2C(=O)CSC2=Nc2ccc(F)cc2)cc1OC. The van der Waals surface area contributed by atoms with Crippen LogP contribution < -0.4 is 9.47 Å². The molecule has 0 aromatic heterocycles. The molecule has 1 aliphatic rings. The molecule has 26 heavy (non-hydrogen) atoms. The number of amidine groups is 1. The van der Waals surface area contributed by atoms with Crippen LogP contribution in [0.2, 0.25) is 0 Å². The van der Waals surface area contributed by atoms with Crippen LogP contribution in [0, 0.1) is 5.82 Å². The molecule has 0 aliphatic carbocycles. The van der Waals surface area contributed by atoms with Gasteiger partial charge in [-0.15, -0.1) is 0 Å². The van der Waals surface area contributed by atoms with Crippen LogP contribution in [0.5, 0.6) is 11.5 Å². The fourth-order valence-corrected chi connectivity index (χ4v) is 3.53. The number of ether oxygens (including phenoxy) is 2. The van der Waals surface area contributed by atoms with Gasteiger partial charge in [-0.2, -0.15) is 0 Å². The summed E-state index contributed by atoms with van der Waals surface area (Å²) in [5, 5.41) is 0.641. The second kappa shape index (κ2) is 8.23. The van der Waals surface area contributed by atoms with Crippen molar-refractivity contribution in [1.29, 1.82) is 0 Å². The molecule has 0 atom stereocenters. The highest BCUT2D eigenvalue weighted by molar-refractivity contribution is 8.15. The van der Waals surface area contributed by atoms with E-state index in [2.05, 4.69) is 4.99 Å². The zero-order valence-corrected chi connectivity index (χ0v) is 15.4. The fraction of sp³-hybridized carbons (Fsp3) is 0.263. The van der Waals surface area contributed by atoms with Crippen LogP contribution in [0.1, 0.15) is 5.56 Å². The number of carbonyl (C=O) groups is 1. The van der Waals surface area contributed by atoms with Gasteiger partial charge in [0.1, 0.15) is 5.82 Å². The average Bonchev–Trinajstić information content (AvgIpc) is 3.01. The molecule has 136 valence electrons. The standard InChI is InChI=1S/C19H19FN2O3S/c1-24-16-8-3-13(11-17(16)25-2)9-10-22-18(23)12-26-19(22)21-15-6-4-14(20)5-7-15/h3-8,11H,9-10,12H2,1-2H3. The lowest BCUT2D eigenvalue weighted by atomic mass is 10.1. The zero-order chi connectivity index (χ0) is 18.5. The molecule has 1 fully saturated rings.